The zero-order chi connectivity index (χ0) is 13.6. The van der Waals surface area contributed by atoms with Crippen molar-refractivity contribution in [2.75, 3.05) is 7.11 Å². The van der Waals surface area contributed by atoms with Crippen molar-refractivity contribution >= 4 is 5.78 Å². The molecule has 0 N–H and O–H groups in total. The van der Waals surface area contributed by atoms with E-state index in [2.05, 4.69) is 24.9 Å². The highest BCUT2D eigenvalue weighted by Gasteiger charge is 2.49. The van der Waals surface area contributed by atoms with E-state index in [1.54, 1.807) is 13.2 Å². The molecule has 1 aromatic heterocycles. The van der Waals surface area contributed by atoms with Crippen LogP contribution in [0.2, 0.25) is 0 Å². The molecular formula is C16H19NO2. The lowest BCUT2D eigenvalue weighted by Crippen LogP contribution is -2.40. The van der Waals surface area contributed by atoms with Crippen molar-refractivity contribution in [2.24, 2.45) is 11.3 Å². The van der Waals surface area contributed by atoms with Gasteiger partial charge in [-0.1, -0.05) is 18.6 Å². The quantitative estimate of drug-likeness (QED) is 0.764. The SMILES string of the molecule is CC[C@]12C=C(C)C[C@H]1Cc1nc(OC)ccc1C2=O. The third kappa shape index (κ3) is 1.64. The number of rotatable bonds is 2. The number of hydrogen-bond donors (Lipinski definition) is 0. The van der Waals surface area contributed by atoms with Crippen LogP contribution in [-0.2, 0) is 6.42 Å². The lowest BCUT2D eigenvalue weighted by atomic mass is 9.65. The number of carbonyl (C=O) groups excluding carboxylic acids is 1. The standard InChI is InChI=1S/C16H19NO2/c1-4-16-9-10(2)7-11(16)8-13-12(15(16)18)5-6-14(17-13)19-3/h5-6,9,11H,4,7-8H2,1-3H3/t11-,16-/m0/s1. The highest BCUT2D eigenvalue weighted by molar-refractivity contribution is 6.04. The van der Waals surface area contributed by atoms with Gasteiger partial charge in [-0.05, 0) is 38.2 Å². The van der Waals surface area contributed by atoms with Crippen LogP contribution < -0.4 is 4.74 Å². The van der Waals surface area contributed by atoms with Gasteiger partial charge in [0.05, 0.1) is 18.2 Å². The smallest absolute Gasteiger partial charge is 0.213 e. The molecule has 1 aromatic rings. The molecule has 100 valence electrons. The topological polar surface area (TPSA) is 39.2 Å². The van der Waals surface area contributed by atoms with Gasteiger partial charge in [-0.15, -0.1) is 0 Å². The average Bonchev–Trinajstić information content (AvgIpc) is 2.75. The third-order valence-corrected chi connectivity index (χ3v) is 4.65. The summed E-state index contributed by atoms with van der Waals surface area (Å²) in [4.78, 5) is 17.3. The van der Waals surface area contributed by atoms with Crippen molar-refractivity contribution in [2.45, 2.75) is 33.1 Å². The van der Waals surface area contributed by atoms with Gasteiger partial charge in [-0.2, -0.15) is 0 Å². The zero-order valence-electron chi connectivity index (χ0n) is 11.7. The first-order valence-corrected chi connectivity index (χ1v) is 6.87. The highest BCUT2D eigenvalue weighted by Crippen LogP contribution is 2.50. The molecule has 0 fully saturated rings. The number of pyridine rings is 1. The summed E-state index contributed by atoms with van der Waals surface area (Å²) < 4.78 is 5.16. The minimum absolute atomic E-state index is 0.244. The Morgan fingerprint density at radius 3 is 2.89 bits per heavy atom. The summed E-state index contributed by atoms with van der Waals surface area (Å²) in [5, 5.41) is 0. The Labute approximate surface area is 113 Å². The van der Waals surface area contributed by atoms with E-state index in [4.69, 9.17) is 4.74 Å². The maximum atomic E-state index is 12.9. The molecule has 2 aliphatic rings. The summed E-state index contributed by atoms with van der Waals surface area (Å²) in [5.74, 6) is 1.21. The molecule has 0 aliphatic heterocycles. The molecule has 3 nitrogen and oxygen atoms in total. The number of ether oxygens (including phenoxy) is 1. The molecular weight excluding hydrogens is 238 g/mol. The van der Waals surface area contributed by atoms with Gasteiger partial charge in [0.2, 0.25) is 5.88 Å². The van der Waals surface area contributed by atoms with E-state index in [1.807, 2.05) is 6.07 Å². The van der Waals surface area contributed by atoms with Crippen molar-refractivity contribution in [3.8, 4) is 5.88 Å². The normalized spacial score (nSPS) is 28.7. The van der Waals surface area contributed by atoms with Crippen LogP contribution >= 0.6 is 0 Å². The summed E-state index contributed by atoms with van der Waals surface area (Å²) in [6.07, 6.45) is 4.96. The van der Waals surface area contributed by atoms with E-state index in [1.165, 1.54) is 5.57 Å². The summed E-state index contributed by atoms with van der Waals surface area (Å²) in [5.41, 5.74) is 2.74. The van der Waals surface area contributed by atoms with Gasteiger partial charge < -0.3 is 4.74 Å². The molecule has 0 unspecified atom stereocenters. The second-order valence-electron chi connectivity index (χ2n) is 5.67. The average molecular weight is 257 g/mol. The van der Waals surface area contributed by atoms with Crippen LogP contribution in [0.5, 0.6) is 5.88 Å². The second-order valence-corrected chi connectivity index (χ2v) is 5.67. The molecule has 0 spiro atoms. The Bertz CT molecular complexity index is 576. The first kappa shape index (κ1) is 12.4. The van der Waals surface area contributed by atoms with E-state index in [9.17, 15) is 4.79 Å². The van der Waals surface area contributed by atoms with Gasteiger partial charge in [0, 0.05) is 11.6 Å². The molecule has 3 heteroatoms. The van der Waals surface area contributed by atoms with Crippen molar-refractivity contribution in [3.63, 3.8) is 0 Å². The number of hydrogen-bond acceptors (Lipinski definition) is 3. The Hall–Kier alpha value is -1.64. The van der Waals surface area contributed by atoms with Crippen molar-refractivity contribution in [1.82, 2.24) is 4.98 Å². The second kappa shape index (κ2) is 4.19. The zero-order valence-corrected chi connectivity index (χ0v) is 11.7. The fourth-order valence-corrected chi connectivity index (χ4v) is 3.69. The van der Waals surface area contributed by atoms with E-state index in [0.717, 1.165) is 30.5 Å². The Morgan fingerprint density at radius 2 is 2.21 bits per heavy atom. The summed E-state index contributed by atoms with van der Waals surface area (Å²) in [6, 6.07) is 3.66. The highest BCUT2D eigenvalue weighted by atomic mass is 16.5. The number of methoxy groups -OCH3 is 1. The van der Waals surface area contributed by atoms with Crippen molar-refractivity contribution in [1.29, 1.82) is 0 Å². The van der Waals surface area contributed by atoms with Crippen molar-refractivity contribution < 1.29 is 9.53 Å². The maximum Gasteiger partial charge on any atom is 0.213 e. The van der Waals surface area contributed by atoms with E-state index < -0.39 is 0 Å². The fraction of sp³-hybridized carbons (Fsp3) is 0.500. The molecule has 0 bridgehead atoms. The van der Waals surface area contributed by atoms with E-state index in [0.29, 0.717) is 11.8 Å². The first-order chi connectivity index (χ1) is 9.10. The Balaban J connectivity index is 2.11. The van der Waals surface area contributed by atoms with Crippen LogP contribution in [-0.4, -0.2) is 17.9 Å². The van der Waals surface area contributed by atoms with Crippen LogP contribution in [0.15, 0.2) is 23.8 Å². The Kier molecular flexibility index (Phi) is 2.73. The molecule has 3 rings (SSSR count). The summed E-state index contributed by atoms with van der Waals surface area (Å²) >= 11 is 0. The number of aromatic nitrogens is 1. The minimum Gasteiger partial charge on any atom is -0.481 e. The first-order valence-electron chi connectivity index (χ1n) is 6.87. The summed E-state index contributed by atoms with van der Waals surface area (Å²) in [7, 11) is 1.61. The molecule has 0 aromatic carbocycles. The third-order valence-electron chi connectivity index (χ3n) is 4.65. The van der Waals surface area contributed by atoms with Gasteiger partial charge in [-0.3, -0.25) is 4.79 Å². The molecule has 1 heterocycles. The van der Waals surface area contributed by atoms with Gasteiger partial charge in [0.25, 0.3) is 0 Å². The largest absolute Gasteiger partial charge is 0.481 e. The summed E-state index contributed by atoms with van der Waals surface area (Å²) in [6.45, 7) is 4.24. The van der Waals surface area contributed by atoms with Gasteiger partial charge in [0.15, 0.2) is 5.78 Å². The maximum absolute atomic E-state index is 12.9. The van der Waals surface area contributed by atoms with Gasteiger partial charge in [-0.25, -0.2) is 4.98 Å². The van der Waals surface area contributed by atoms with Gasteiger partial charge in [0.1, 0.15) is 0 Å². The lowest BCUT2D eigenvalue weighted by molar-refractivity contribution is 0.0747. The molecule has 2 atom stereocenters. The number of nitrogens with zero attached hydrogens (tertiary/aromatic N) is 1. The van der Waals surface area contributed by atoms with Crippen molar-refractivity contribution in [3.05, 3.63) is 35.0 Å². The number of fused-ring (bicyclic) bond motifs is 2. The monoisotopic (exact) mass is 257 g/mol. The molecule has 0 saturated heterocycles. The fourth-order valence-electron chi connectivity index (χ4n) is 3.69. The van der Waals surface area contributed by atoms with E-state index in [-0.39, 0.29) is 11.2 Å². The van der Waals surface area contributed by atoms with Crippen LogP contribution in [0, 0.1) is 11.3 Å². The number of allylic oxidation sites excluding steroid dienone is 2. The number of Topliss-reactive ketones (excluding diaryl/α,β-unsaturated/α-hetero) is 1. The van der Waals surface area contributed by atoms with Crippen LogP contribution in [0.25, 0.3) is 0 Å². The van der Waals surface area contributed by atoms with Gasteiger partial charge >= 0.3 is 0 Å². The molecule has 19 heavy (non-hydrogen) atoms. The molecule has 0 amide bonds. The number of carbonyl (C=O) groups is 1. The molecule has 2 aliphatic carbocycles. The predicted octanol–water partition coefficient (Wildman–Crippen LogP) is 3.19. The lowest BCUT2D eigenvalue weighted by Gasteiger charge is -2.37. The van der Waals surface area contributed by atoms with Crippen LogP contribution in [0.1, 0.15) is 42.7 Å². The predicted molar refractivity (Wildman–Crippen MR) is 73.4 cm³/mol. The van der Waals surface area contributed by atoms with Crippen LogP contribution in [0.3, 0.4) is 0 Å². The molecule has 0 radical (unpaired) electrons. The molecule has 0 saturated carbocycles. The minimum atomic E-state index is -0.284. The van der Waals surface area contributed by atoms with Crippen LogP contribution in [0.4, 0.5) is 0 Å². The Morgan fingerprint density at radius 1 is 1.42 bits per heavy atom. The number of ketones is 1. The van der Waals surface area contributed by atoms with E-state index >= 15 is 0 Å².